The summed E-state index contributed by atoms with van der Waals surface area (Å²) in [6, 6.07) is 10.2. The van der Waals surface area contributed by atoms with Crippen LogP contribution in [0.15, 0.2) is 46.2 Å². The van der Waals surface area contributed by atoms with Crippen molar-refractivity contribution in [2.75, 3.05) is 20.2 Å². The zero-order valence-corrected chi connectivity index (χ0v) is 24.4. The Morgan fingerprint density at radius 2 is 1.77 bits per heavy atom. The van der Waals surface area contributed by atoms with Crippen molar-refractivity contribution >= 4 is 17.1 Å². The van der Waals surface area contributed by atoms with Crippen LogP contribution in [0.5, 0.6) is 0 Å². The van der Waals surface area contributed by atoms with Gasteiger partial charge in [0.1, 0.15) is 12.0 Å². The average Bonchev–Trinajstić information content (AvgIpc) is 3.38. The van der Waals surface area contributed by atoms with Gasteiger partial charge in [-0.15, -0.1) is 0 Å². The number of halogens is 1. The van der Waals surface area contributed by atoms with Crippen molar-refractivity contribution in [2.45, 2.75) is 69.2 Å². The van der Waals surface area contributed by atoms with E-state index in [1.165, 1.54) is 11.6 Å². The largest absolute Gasteiger partial charge is 1.00 e. The zero-order chi connectivity index (χ0) is 27.0. The molecule has 5 rings (SSSR count). The second-order valence-corrected chi connectivity index (χ2v) is 11.2. The summed E-state index contributed by atoms with van der Waals surface area (Å²) in [6.45, 7) is 1.44. The number of esters is 1. The maximum absolute atomic E-state index is 12.9. The van der Waals surface area contributed by atoms with E-state index in [2.05, 4.69) is 12.0 Å². The summed E-state index contributed by atoms with van der Waals surface area (Å²) in [6.07, 6.45) is 7.41. The number of rotatable bonds is 9. The molecule has 11 heteroatoms. The lowest BCUT2D eigenvalue weighted by Gasteiger charge is -2.47. The predicted molar refractivity (Wildman–Crippen MR) is 143 cm³/mol. The number of aliphatic hydroxyl groups is 1. The lowest BCUT2D eigenvalue weighted by Crippen LogP contribution is -3.00. The van der Waals surface area contributed by atoms with Crippen molar-refractivity contribution in [1.29, 1.82) is 0 Å². The van der Waals surface area contributed by atoms with E-state index in [0.717, 1.165) is 59.7 Å². The SMILES string of the molecule is Cn1c(=O)c2c(ncn2CCCC[N+]2(C)C3CCC2CC(OC(=O)C(CO)c2ccccc2)C3)n(C)c1=O.[Br-]. The third kappa shape index (κ3) is 5.36. The maximum Gasteiger partial charge on any atom is 0.332 e. The van der Waals surface area contributed by atoms with Crippen molar-refractivity contribution < 1.29 is 36.1 Å². The smallest absolute Gasteiger partial charge is 0.332 e. The molecule has 212 valence electrons. The molecule has 2 aliphatic rings. The summed E-state index contributed by atoms with van der Waals surface area (Å²) in [7, 11) is 5.46. The summed E-state index contributed by atoms with van der Waals surface area (Å²) in [5.41, 5.74) is 0.980. The first-order valence-corrected chi connectivity index (χ1v) is 13.6. The van der Waals surface area contributed by atoms with Gasteiger partial charge in [0.05, 0.1) is 38.6 Å². The van der Waals surface area contributed by atoms with E-state index in [4.69, 9.17) is 4.74 Å². The minimum atomic E-state index is -0.643. The minimum Gasteiger partial charge on any atom is -1.00 e. The van der Waals surface area contributed by atoms with Gasteiger partial charge in [-0.25, -0.2) is 9.78 Å². The van der Waals surface area contributed by atoms with E-state index in [0.29, 0.717) is 29.8 Å². The van der Waals surface area contributed by atoms with Gasteiger partial charge in [0.15, 0.2) is 11.2 Å². The molecule has 10 nitrogen and oxygen atoms in total. The van der Waals surface area contributed by atoms with Crippen LogP contribution in [0.3, 0.4) is 0 Å². The summed E-state index contributed by atoms with van der Waals surface area (Å²) >= 11 is 0. The van der Waals surface area contributed by atoms with Gasteiger partial charge >= 0.3 is 11.7 Å². The number of quaternary nitrogens is 1. The number of unbranched alkanes of at least 4 members (excludes halogenated alkanes) is 1. The number of ether oxygens (including phenoxy) is 1. The number of benzene rings is 1. The fourth-order valence-electron chi connectivity index (χ4n) is 6.70. The van der Waals surface area contributed by atoms with Crippen LogP contribution in [0, 0.1) is 0 Å². The number of piperidine rings is 1. The number of hydrogen-bond donors (Lipinski definition) is 1. The number of nitrogens with zero attached hydrogens (tertiary/aromatic N) is 5. The lowest BCUT2D eigenvalue weighted by molar-refractivity contribution is -0.949. The van der Waals surface area contributed by atoms with Gasteiger partial charge in [-0.1, -0.05) is 30.3 Å². The van der Waals surface area contributed by atoms with Crippen LogP contribution < -0.4 is 28.2 Å². The molecule has 0 aliphatic carbocycles. The number of aromatic nitrogens is 4. The Kier molecular flexibility index (Phi) is 8.82. The molecule has 39 heavy (non-hydrogen) atoms. The van der Waals surface area contributed by atoms with Crippen LogP contribution in [0.2, 0.25) is 0 Å². The topological polar surface area (TPSA) is 108 Å². The molecule has 2 aliphatic heterocycles. The van der Waals surface area contributed by atoms with Gasteiger partial charge in [-0.3, -0.25) is 18.7 Å². The van der Waals surface area contributed by atoms with E-state index in [9.17, 15) is 19.5 Å². The Bertz CT molecular complexity index is 1420. The van der Waals surface area contributed by atoms with Crippen LogP contribution in [0.4, 0.5) is 0 Å². The predicted octanol–water partition coefficient (Wildman–Crippen LogP) is -1.32. The second-order valence-electron chi connectivity index (χ2n) is 11.2. The first kappa shape index (κ1) is 29.2. The van der Waals surface area contributed by atoms with Crippen LogP contribution in [-0.4, -0.2) is 72.6 Å². The Morgan fingerprint density at radius 3 is 2.41 bits per heavy atom. The molecule has 1 N–H and O–H groups in total. The number of aliphatic hydroxyl groups excluding tert-OH is 1. The molecule has 2 bridgehead atoms. The Balaban J connectivity index is 0.00000353. The fraction of sp³-hybridized carbons (Fsp3) is 0.571. The molecule has 2 fully saturated rings. The molecule has 0 spiro atoms. The molecule has 1 aromatic carbocycles. The van der Waals surface area contributed by atoms with Gasteiger partial charge in [0.25, 0.3) is 5.56 Å². The van der Waals surface area contributed by atoms with E-state index in [1.807, 2.05) is 34.9 Å². The summed E-state index contributed by atoms with van der Waals surface area (Å²) in [4.78, 5) is 42.1. The van der Waals surface area contributed by atoms with Crippen molar-refractivity contribution in [3.05, 3.63) is 63.1 Å². The monoisotopic (exact) mass is 603 g/mol. The Morgan fingerprint density at radius 1 is 1.10 bits per heavy atom. The fourth-order valence-corrected chi connectivity index (χ4v) is 6.70. The lowest BCUT2D eigenvalue weighted by atomic mass is 9.95. The van der Waals surface area contributed by atoms with Crippen LogP contribution in [-0.2, 0) is 30.2 Å². The van der Waals surface area contributed by atoms with Gasteiger partial charge in [0.2, 0.25) is 0 Å². The molecule has 0 radical (unpaired) electrons. The molecular formula is C28H38BrN5O5. The summed E-state index contributed by atoms with van der Waals surface area (Å²) in [5, 5.41) is 9.84. The third-order valence-corrected chi connectivity index (χ3v) is 9.03. The number of carbonyl (C=O) groups excluding carboxylic acids is 1. The first-order valence-electron chi connectivity index (χ1n) is 13.6. The van der Waals surface area contributed by atoms with Crippen molar-refractivity contribution in [3.8, 4) is 0 Å². The Labute approximate surface area is 238 Å². The average molecular weight is 605 g/mol. The quantitative estimate of drug-likeness (QED) is 0.185. The highest BCUT2D eigenvalue weighted by atomic mass is 79.9. The minimum absolute atomic E-state index is 0. The van der Waals surface area contributed by atoms with Crippen molar-refractivity contribution in [2.24, 2.45) is 14.1 Å². The van der Waals surface area contributed by atoms with E-state index < -0.39 is 5.92 Å². The molecule has 4 heterocycles. The molecule has 0 saturated carbocycles. The number of aryl methyl sites for hydroxylation is 2. The second kappa shape index (κ2) is 11.8. The van der Waals surface area contributed by atoms with Crippen LogP contribution >= 0.6 is 0 Å². The van der Waals surface area contributed by atoms with Crippen LogP contribution in [0.1, 0.15) is 50.0 Å². The maximum atomic E-state index is 12.9. The number of imidazole rings is 1. The molecular weight excluding hydrogens is 566 g/mol. The summed E-state index contributed by atoms with van der Waals surface area (Å²) in [5.74, 6) is -0.981. The van der Waals surface area contributed by atoms with Crippen molar-refractivity contribution in [1.82, 2.24) is 18.7 Å². The highest BCUT2D eigenvalue weighted by Crippen LogP contribution is 2.42. The normalized spacial score (nSPS) is 24.9. The highest BCUT2D eigenvalue weighted by molar-refractivity contribution is 5.78. The van der Waals surface area contributed by atoms with Gasteiger partial charge in [0, 0.05) is 46.3 Å². The number of hydrogen-bond acceptors (Lipinski definition) is 6. The Hall–Kier alpha value is -2.76. The van der Waals surface area contributed by atoms with E-state index in [-0.39, 0.29) is 46.9 Å². The van der Waals surface area contributed by atoms with Crippen LogP contribution in [0.25, 0.3) is 11.2 Å². The van der Waals surface area contributed by atoms with Gasteiger partial charge < -0.3 is 35.9 Å². The molecule has 2 aromatic heterocycles. The zero-order valence-electron chi connectivity index (χ0n) is 22.8. The van der Waals surface area contributed by atoms with Gasteiger partial charge in [-0.2, -0.15) is 0 Å². The molecule has 3 atom stereocenters. The van der Waals surface area contributed by atoms with E-state index >= 15 is 0 Å². The molecule has 0 amide bonds. The number of fused-ring (bicyclic) bond motifs is 3. The van der Waals surface area contributed by atoms with Crippen molar-refractivity contribution in [3.63, 3.8) is 0 Å². The number of carbonyl (C=O) groups is 1. The highest BCUT2D eigenvalue weighted by Gasteiger charge is 2.52. The summed E-state index contributed by atoms with van der Waals surface area (Å²) < 4.78 is 11.4. The van der Waals surface area contributed by atoms with E-state index in [1.54, 1.807) is 13.4 Å². The first-order chi connectivity index (χ1) is 18.2. The van der Waals surface area contributed by atoms with Gasteiger partial charge in [-0.05, 0) is 18.4 Å². The standard InChI is InChI=1S/C28H38N5O5.BrH/c1-30-25-24(26(35)31(2)28(30)37)32(18-29-25)13-7-8-14-33(3)20-11-12-21(33)16-22(15-20)38-27(36)23(17-34)19-9-5-4-6-10-19;/h4-6,9-10,18,20-23,34H,7-8,11-17H2,1-3H3;1H/q+1;/p-1. The molecule has 3 unspecified atom stereocenters. The third-order valence-electron chi connectivity index (χ3n) is 9.03. The molecule has 3 aromatic rings. The molecule has 2 saturated heterocycles.